The van der Waals surface area contributed by atoms with Crippen molar-refractivity contribution in [1.82, 2.24) is 0 Å². The summed E-state index contributed by atoms with van der Waals surface area (Å²) >= 11 is 0. The summed E-state index contributed by atoms with van der Waals surface area (Å²) in [5.74, 6) is -0.100. The lowest BCUT2D eigenvalue weighted by atomic mass is 9.80. The van der Waals surface area contributed by atoms with Crippen LogP contribution < -0.4 is 0 Å². The molecule has 1 aliphatic carbocycles. The SMILES string of the molecule is C=Cc1ccc(CS(=O)(=O)OC2=CC(=O)CC(C)(C)C2)cc1. The lowest BCUT2D eigenvalue weighted by molar-refractivity contribution is -0.117. The molecular weight excluding hydrogens is 300 g/mol. The van der Waals surface area contributed by atoms with Gasteiger partial charge in [0.1, 0.15) is 11.5 Å². The third-order valence-electron chi connectivity index (χ3n) is 3.42. The average molecular weight is 320 g/mol. The van der Waals surface area contributed by atoms with Gasteiger partial charge in [0.2, 0.25) is 0 Å². The van der Waals surface area contributed by atoms with Crippen LogP contribution in [0.2, 0.25) is 0 Å². The zero-order chi connectivity index (χ0) is 16.4. The molecular formula is C17H20O4S. The van der Waals surface area contributed by atoms with Gasteiger partial charge in [0.15, 0.2) is 5.78 Å². The van der Waals surface area contributed by atoms with Crippen LogP contribution in [0.5, 0.6) is 0 Å². The largest absolute Gasteiger partial charge is 0.387 e. The monoisotopic (exact) mass is 320 g/mol. The average Bonchev–Trinajstić information content (AvgIpc) is 2.35. The van der Waals surface area contributed by atoms with E-state index in [1.807, 2.05) is 13.8 Å². The molecule has 0 radical (unpaired) electrons. The molecule has 22 heavy (non-hydrogen) atoms. The number of allylic oxidation sites excluding steroid dienone is 2. The van der Waals surface area contributed by atoms with E-state index in [9.17, 15) is 13.2 Å². The van der Waals surface area contributed by atoms with Gasteiger partial charge in [-0.1, -0.05) is 50.8 Å². The summed E-state index contributed by atoms with van der Waals surface area (Å²) in [5.41, 5.74) is 1.28. The normalized spacial score (nSPS) is 17.7. The van der Waals surface area contributed by atoms with E-state index in [-0.39, 0.29) is 22.7 Å². The van der Waals surface area contributed by atoms with Gasteiger partial charge in [-0.3, -0.25) is 4.79 Å². The highest BCUT2D eigenvalue weighted by molar-refractivity contribution is 7.86. The zero-order valence-electron chi connectivity index (χ0n) is 12.8. The molecule has 1 aliphatic rings. The van der Waals surface area contributed by atoms with Crippen molar-refractivity contribution in [2.24, 2.45) is 5.41 Å². The van der Waals surface area contributed by atoms with Gasteiger partial charge in [0, 0.05) is 18.9 Å². The van der Waals surface area contributed by atoms with Crippen molar-refractivity contribution < 1.29 is 17.4 Å². The first-order valence-corrected chi connectivity index (χ1v) is 8.64. The lowest BCUT2D eigenvalue weighted by Crippen LogP contribution is -2.24. The van der Waals surface area contributed by atoms with E-state index < -0.39 is 10.1 Å². The molecule has 0 N–H and O–H groups in total. The van der Waals surface area contributed by atoms with Gasteiger partial charge in [-0.2, -0.15) is 8.42 Å². The molecule has 0 atom stereocenters. The quantitative estimate of drug-likeness (QED) is 0.780. The highest BCUT2D eigenvalue weighted by atomic mass is 32.2. The maximum absolute atomic E-state index is 12.1. The van der Waals surface area contributed by atoms with Gasteiger partial charge in [-0.15, -0.1) is 0 Å². The molecule has 118 valence electrons. The van der Waals surface area contributed by atoms with Crippen molar-refractivity contribution in [1.29, 1.82) is 0 Å². The lowest BCUT2D eigenvalue weighted by Gasteiger charge is -2.28. The van der Waals surface area contributed by atoms with Crippen molar-refractivity contribution in [3.63, 3.8) is 0 Å². The van der Waals surface area contributed by atoms with E-state index >= 15 is 0 Å². The Balaban J connectivity index is 2.10. The molecule has 0 bridgehead atoms. The van der Waals surface area contributed by atoms with Gasteiger partial charge < -0.3 is 4.18 Å². The molecule has 0 spiro atoms. The Kier molecular flexibility index (Phi) is 4.56. The number of hydrogen-bond donors (Lipinski definition) is 0. The first-order chi connectivity index (χ1) is 10.2. The van der Waals surface area contributed by atoms with Crippen LogP contribution >= 0.6 is 0 Å². The second kappa shape index (κ2) is 6.08. The fourth-order valence-electron chi connectivity index (χ4n) is 2.49. The minimum absolute atomic E-state index is 0.100. The van der Waals surface area contributed by atoms with Crippen molar-refractivity contribution >= 4 is 22.0 Å². The van der Waals surface area contributed by atoms with E-state index in [1.165, 1.54) is 6.08 Å². The number of ketones is 1. The van der Waals surface area contributed by atoms with Gasteiger partial charge in [-0.05, 0) is 16.5 Å². The smallest absolute Gasteiger partial charge is 0.313 e. The molecule has 0 unspecified atom stereocenters. The van der Waals surface area contributed by atoms with Gasteiger partial charge >= 0.3 is 10.1 Å². The van der Waals surface area contributed by atoms with E-state index in [0.717, 1.165) is 5.56 Å². The number of rotatable bonds is 5. The molecule has 0 heterocycles. The Labute approximate surface area is 131 Å². The number of benzene rings is 1. The Bertz CT molecular complexity index is 710. The molecule has 0 amide bonds. The van der Waals surface area contributed by atoms with Crippen molar-refractivity contribution in [3.8, 4) is 0 Å². The van der Waals surface area contributed by atoms with Crippen molar-refractivity contribution in [3.05, 3.63) is 53.8 Å². The van der Waals surface area contributed by atoms with Gasteiger partial charge in [0.25, 0.3) is 0 Å². The summed E-state index contributed by atoms with van der Waals surface area (Å²) in [5, 5.41) is 0. The van der Waals surface area contributed by atoms with E-state index in [0.29, 0.717) is 18.4 Å². The van der Waals surface area contributed by atoms with E-state index in [1.54, 1.807) is 30.3 Å². The van der Waals surface area contributed by atoms with Crippen molar-refractivity contribution in [2.45, 2.75) is 32.4 Å². The van der Waals surface area contributed by atoms with Crippen LogP contribution in [0.1, 0.15) is 37.8 Å². The fraction of sp³-hybridized carbons (Fsp3) is 0.353. The predicted molar refractivity (Wildman–Crippen MR) is 86.3 cm³/mol. The summed E-state index contributed by atoms with van der Waals surface area (Å²) in [6.07, 6.45) is 3.83. The second-order valence-corrected chi connectivity index (χ2v) is 7.90. The van der Waals surface area contributed by atoms with Crippen LogP contribution in [0.4, 0.5) is 0 Å². The number of carbonyl (C=O) groups excluding carboxylic acids is 1. The number of carbonyl (C=O) groups is 1. The summed E-state index contributed by atoms with van der Waals surface area (Å²) < 4.78 is 29.4. The molecule has 0 saturated heterocycles. The summed E-state index contributed by atoms with van der Waals surface area (Å²) in [4.78, 5) is 11.6. The zero-order valence-corrected chi connectivity index (χ0v) is 13.7. The summed E-state index contributed by atoms with van der Waals surface area (Å²) in [6.45, 7) is 7.49. The van der Waals surface area contributed by atoms with Crippen LogP contribution in [0.3, 0.4) is 0 Å². The van der Waals surface area contributed by atoms with Crippen LogP contribution in [0, 0.1) is 5.41 Å². The second-order valence-electron chi connectivity index (χ2n) is 6.33. The molecule has 0 aromatic heterocycles. The van der Waals surface area contributed by atoms with Crippen molar-refractivity contribution in [2.75, 3.05) is 0 Å². The molecule has 0 aliphatic heterocycles. The minimum Gasteiger partial charge on any atom is -0.387 e. The highest BCUT2D eigenvalue weighted by Gasteiger charge is 2.30. The van der Waals surface area contributed by atoms with Crippen LogP contribution in [0.15, 0.2) is 42.7 Å². The Morgan fingerprint density at radius 3 is 2.41 bits per heavy atom. The maximum atomic E-state index is 12.1. The van der Waals surface area contributed by atoms with Crippen LogP contribution in [-0.2, 0) is 24.8 Å². The third-order valence-corrected chi connectivity index (χ3v) is 4.58. The molecule has 5 heteroatoms. The van der Waals surface area contributed by atoms with Gasteiger partial charge in [0.05, 0.1) is 0 Å². The summed E-state index contributed by atoms with van der Waals surface area (Å²) in [6, 6.07) is 7.04. The van der Waals surface area contributed by atoms with Gasteiger partial charge in [-0.25, -0.2) is 0 Å². The molecule has 4 nitrogen and oxygen atoms in total. The van der Waals surface area contributed by atoms with Crippen LogP contribution in [-0.4, -0.2) is 14.2 Å². The van der Waals surface area contributed by atoms with E-state index in [2.05, 4.69) is 6.58 Å². The molecule has 0 fully saturated rings. The fourth-order valence-corrected chi connectivity index (χ4v) is 3.58. The Morgan fingerprint density at radius 1 is 1.23 bits per heavy atom. The Morgan fingerprint density at radius 2 is 1.86 bits per heavy atom. The summed E-state index contributed by atoms with van der Waals surface area (Å²) in [7, 11) is -3.77. The first kappa shape index (κ1) is 16.5. The predicted octanol–water partition coefficient (Wildman–Crippen LogP) is 3.45. The molecule has 0 saturated carbocycles. The number of hydrogen-bond acceptors (Lipinski definition) is 4. The van der Waals surface area contributed by atoms with E-state index in [4.69, 9.17) is 4.18 Å². The standard InChI is InChI=1S/C17H20O4S/c1-4-13-5-7-14(8-6-13)12-22(19,20)21-16-9-15(18)10-17(2,3)11-16/h4-9H,1,10-12H2,2-3H3. The molecule has 2 rings (SSSR count). The first-order valence-electron chi connectivity index (χ1n) is 7.06. The highest BCUT2D eigenvalue weighted by Crippen LogP contribution is 2.34. The molecule has 1 aromatic rings. The van der Waals surface area contributed by atoms with Crippen LogP contribution in [0.25, 0.3) is 6.08 Å². The third kappa shape index (κ3) is 4.56. The Hall–Kier alpha value is -1.88. The maximum Gasteiger partial charge on any atom is 0.313 e. The topological polar surface area (TPSA) is 60.4 Å². The molecule has 1 aromatic carbocycles. The minimum atomic E-state index is -3.77.